The van der Waals surface area contributed by atoms with E-state index in [-0.39, 0.29) is 12.2 Å². The monoisotopic (exact) mass is 242 g/mol. The highest BCUT2D eigenvalue weighted by Crippen LogP contribution is 2.32. The van der Waals surface area contributed by atoms with E-state index < -0.39 is 11.7 Å². The maximum atomic E-state index is 12.6. The van der Waals surface area contributed by atoms with Crippen molar-refractivity contribution in [2.45, 2.75) is 12.8 Å². The van der Waals surface area contributed by atoms with Crippen LogP contribution in [0.25, 0.3) is 0 Å². The van der Waals surface area contributed by atoms with Gasteiger partial charge in [0.2, 0.25) is 0 Å². The van der Waals surface area contributed by atoms with Gasteiger partial charge in [0.05, 0.1) is 18.0 Å². The summed E-state index contributed by atoms with van der Waals surface area (Å²) >= 11 is 0. The molecule has 1 heterocycles. The molecule has 1 aromatic heterocycles. The highest BCUT2D eigenvalue weighted by molar-refractivity contribution is 5.29. The smallest absolute Gasteiger partial charge is 0.416 e. The van der Waals surface area contributed by atoms with E-state index in [1.807, 2.05) is 0 Å². The van der Waals surface area contributed by atoms with Crippen molar-refractivity contribution >= 4 is 0 Å². The molecular weight excluding hydrogens is 233 g/mol. The molecule has 0 saturated heterocycles. The number of rotatable bonds is 3. The van der Waals surface area contributed by atoms with Gasteiger partial charge in [-0.05, 0) is 6.07 Å². The van der Waals surface area contributed by atoms with Crippen LogP contribution < -0.4 is 4.74 Å². The summed E-state index contributed by atoms with van der Waals surface area (Å²) in [6, 6.07) is 5.32. The van der Waals surface area contributed by atoms with Crippen molar-refractivity contribution in [3.63, 3.8) is 0 Å². The van der Waals surface area contributed by atoms with E-state index in [0.29, 0.717) is 5.75 Å². The Morgan fingerprint density at radius 2 is 2.00 bits per heavy atom. The fourth-order valence-corrected chi connectivity index (χ4v) is 1.40. The molecule has 17 heavy (non-hydrogen) atoms. The zero-order chi connectivity index (χ0) is 12.3. The van der Waals surface area contributed by atoms with Gasteiger partial charge in [0.25, 0.3) is 0 Å². The summed E-state index contributed by atoms with van der Waals surface area (Å²) in [6.07, 6.45) is -1.50. The van der Waals surface area contributed by atoms with Crippen LogP contribution in [0.1, 0.15) is 11.1 Å². The number of benzene rings is 1. The predicted octanol–water partition coefficient (Wildman–Crippen LogP) is 3.01. The standard InChI is InChI=1S/C11H9F3N2O/c12-11(13,14)10-4-2-1-3-8(10)7-17-9-5-15-16-6-9/h1-6H,7H2,(H,15,16). The van der Waals surface area contributed by atoms with Crippen LogP contribution >= 0.6 is 0 Å². The van der Waals surface area contributed by atoms with Crippen LogP contribution in [0.4, 0.5) is 13.2 Å². The first-order chi connectivity index (χ1) is 8.07. The Hall–Kier alpha value is -1.98. The Bertz CT molecular complexity index is 480. The van der Waals surface area contributed by atoms with Gasteiger partial charge in [-0.3, -0.25) is 5.10 Å². The number of hydrogen-bond donors (Lipinski definition) is 1. The van der Waals surface area contributed by atoms with E-state index in [4.69, 9.17) is 4.74 Å². The van der Waals surface area contributed by atoms with E-state index in [1.54, 1.807) is 6.07 Å². The predicted molar refractivity (Wildman–Crippen MR) is 54.4 cm³/mol. The summed E-state index contributed by atoms with van der Waals surface area (Å²) < 4.78 is 43.1. The zero-order valence-corrected chi connectivity index (χ0v) is 8.66. The number of nitrogens with one attached hydrogen (secondary N) is 1. The molecule has 2 aromatic rings. The average Bonchev–Trinajstić information content (AvgIpc) is 2.78. The molecule has 1 N–H and O–H groups in total. The second-order valence-electron chi connectivity index (χ2n) is 3.38. The van der Waals surface area contributed by atoms with Crippen LogP contribution in [0, 0.1) is 0 Å². The van der Waals surface area contributed by atoms with Gasteiger partial charge in [-0.1, -0.05) is 18.2 Å². The fraction of sp³-hybridized carbons (Fsp3) is 0.182. The second-order valence-corrected chi connectivity index (χ2v) is 3.38. The summed E-state index contributed by atoms with van der Waals surface area (Å²) in [5.74, 6) is 0.405. The number of hydrogen-bond acceptors (Lipinski definition) is 2. The molecule has 0 atom stereocenters. The molecule has 3 nitrogen and oxygen atoms in total. The van der Waals surface area contributed by atoms with E-state index in [2.05, 4.69) is 10.2 Å². The van der Waals surface area contributed by atoms with Crippen molar-refractivity contribution in [1.82, 2.24) is 10.2 Å². The molecule has 6 heteroatoms. The van der Waals surface area contributed by atoms with Crippen molar-refractivity contribution in [3.8, 4) is 5.75 Å². The molecule has 0 unspecified atom stereocenters. The molecule has 90 valence electrons. The molecule has 0 bridgehead atoms. The molecule has 0 fully saturated rings. The lowest BCUT2D eigenvalue weighted by Gasteiger charge is -2.12. The van der Waals surface area contributed by atoms with Crippen molar-refractivity contribution in [3.05, 3.63) is 47.8 Å². The van der Waals surface area contributed by atoms with Gasteiger partial charge in [0.15, 0.2) is 5.75 Å². The third-order valence-corrected chi connectivity index (χ3v) is 2.19. The highest BCUT2D eigenvalue weighted by Gasteiger charge is 2.32. The molecule has 0 radical (unpaired) electrons. The number of H-pyrrole nitrogens is 1. The van der Waals surface area contributed by atoms with Gasteiger partial charge in [0, 0.05) is 5.56 Å². The summed E-state index contributed by atoms with van der Waals surface area (Å²) in [6.45, 7) is -0.144. The summed E-state index contributed by atoms with van der Waals surface area (Å²) in [7, 11) is 0. The molecule has 0 aliphatic rings. The largest absolute Gasteiger partial charge is 0.486 e. The number of nitrogens with zero attached hydrogens (tertiary/aromatic N) is 1. The lowest BCUT2D eigenvalue weighted by molar-refractivity contribution is -0.138. The second kappa shape index (κ2) is 4.48. The summed E-state index contributed by atoms with van der Waals surface area (Å²) in [4.78, 5) is 0. The van der Waals surface area contributed by atoms with E-state index >= 15 is 0 Å². The van der Waals surface area contributed by atoms with Gasteiger partial charge in [0.1, 0.15) is 6.61 Å². The Kier molecular flexibility index (Phi) is 3.03. The van der Waals surface area contributed by atoms with Crippen molar-refractivity contribution in [2.24, 2.45) is 0 Å². The highest BCUT2D eigenvalue weighted by atomic mass is 19.4. The molecular formula is C11H9F3N2O. The molecule has 0 aliphatic heterocycles. The van der Waals surface area contributed by atoms with Crippen molar-refractivity contribution in [2.75, 3.05) is 0 Å². The lowest BCUT2D eigenvalue weighted by Crippen LogP contribution is -2.10. The van der Waals surface area contributed by atoms with Crippen molar-refractivity contribution in [1.29, 1.82) is 0 Å². The minimum absolute atomic E-state index is 0.0983. The minimum atomic E-state index is -4.36. The molecule has 1 aromatic carbocycles. The Morgan fingerprint density at radius 1 is 1.24 bits per heavy atom. The third kappa shape index (κ3) is 2.77. The van der Waals surface area contributed by atoms with E-state index in [1.165, 1.54) is 24.5 Å². The first-order valence-corrected chi connectivity index (χ1v) is 4.84. The average molecular weight is 242 g/mol. The van der Waals surface area contributed by atoms with Gasteiger partial charge in [-0.15, -0.1) is 0 Å². The molecule has 0 amide bonds. The number of aromatic nitrogens is 2. The number of ether oxygens (including phenoxy) is 1. The maximum Gasteiger partial charge on any atom is 0.416 e. The first-order valence-electron chi connectivity index (χ1n) is 4.84. The van der Waals surface area contributed by atoms with Crippen LogP contribution in [0.3, 0.4) is 0 Å². The number of halogens is 3. The normalized spacial score (nSPS) is 11.5. The fourth-order valence-electron chi connectivity index (χ4n) is 1.40. The Balaban J connectivity index is 2.16. The Labute approximate surface area is 95.2 Å². The van der Waals surface area contributed by atoms with Crippen LogP contribution in [-0.2, 0) is 12.8 Å². The van der Waals surface area contributed by atoms with Gasteiger partial charge in [-0.25, -0.2) is 0 Å². The molecule has 0 aliphatic carbocycles. The molecule has 2 rings (SSSR count). The number of aromatic amines is 1. The number of alkyl halides is 3. The summed E-state index contributed by atoms with van der Waals surface area (Å²) in [5.41, 5.74) is -0.579. The maximum absolute atomic E-state index is 12.6. The van der Waals surface area contributed by atoms with Gasteiger partial charge >= 0.3 is 6.18 Å². The lowest BCUT2D eigenvalue weighted by atomic mass is 10.1. The zero-order valence-electron chi connectivity index (χ0n) is 8.66. The van der Waals surface area contributed by atoms with E-state index in [9.17, 15) is 13.2 Å². The third-order valence-electron chi connectivity index (χ3n) is 2.19. The van der Waals surface area contributed by atoms with Crippen LogP contribution in [-0.4, -0.2) is 10.2 Å². The van der Waals surface area contributed by atoms with Crippen LogP contribution in [0.5, 0.6) is 5.75 Å². The van der Waals surface area contributed by atoms with E-state index in [0.717, 1.165) is 6.07 Å². The quantitative estimate of drug-likeness (QED) is 0.898. The SMILES string of the molecule is FC(F)(F)c1ccccc1COc1cn[nH]c1. The topological polar surface area (TPSA) is 37.9 Å². The van der Waals surface area contributed by atoms with Gasteiger partial charge < -0.3 is 4.74 Å². The van der Waals surface area contributed by atoms with Gasteiger partial charge in [-0.2, -0.15) is 18.3 Å². The minimum Gasteiger partial charge on any atom is -0.486 e. The summed E-state index contributed by atoms with van der Waals surface area (Å²) in [5, 5.41) is 6.15. The Morgan fingerprint density at radius 3 is 2.65 bits per heavy atom. The first kappa shape index (κ1) is 11.5. The molecule has 0 spiro atoms. The van der Waals surface area contributed by atoms with Crippen molar-refractivity contribution < 1.29 is 17.9 Å². The molecule has 0 saturated carbocycles. The van der Waals surface area contributed by atoms with Crippen LogP contribution in [0.2, 0.25) is 0 Å². The van der Waals surface area contributed by atoms with Crippen LogP contribution in [0.15, 0.2) is 36.7 Å².